The third kappa shape index (κ3) is 3.90. The van der Waals surface area contributed by atoms with E-state index in [1.54, 1.807) is 11.8 Å². The van der Waals surface area contributed by atoms with Crippen molar-refractivity contribution in [2.45, 2.75) is 22.4 Å². The van der Waals surface area contributed by atoms with Crippen molar-refractivity contribution in [1.82, 2.24) is 4.57 Å². The number of para-hydroxylation sites is 1. The molecule has 0 bridgehead atoms. The van der Waals surface area contributed by atoms with Crippen LogP contribution in [0.3, 0.4) is 0 Å². The number of nitrogens with two attached hydrogens (primary N) is 1. The molecule has 0 spiro atoms. The van der Waals surface area contributed by atoms with E-state index in [4.69, 9.17) is 17.3 Å². The van der Waals surface area contributed by atoms with Crippen molar-refractivity contribution in [3.05, 3.63) is 59.1 Å². The third-order valence-electron chi connectivity index (χ3n) is 3.88. The van der Waals surface area contributed by atoms with Gasteiger partial charge >= 0.3 is 0 Å². The van der Waals surface area contributed by atoms with Gasteiger partial charge in [0, 0.05) is 33.9 Å². The van der Waals surface area contributed by atoms with E-state index in [1.807, 2.05) is 36.4 Å². The van der Waals surface area contributed by atoms with Gasteiger partial charge in [0.25, 0.3) is 0 Å². The van der Waals surface area contributed by atoms with E-state index in [1.165, 1.54) is 16.5 Å². The van der Waals surface area contributed by atoms with Gasteiger partial charge in [-0.1, -0.05) is 41.6 Å². The molecule has 0 fully saturated rings. The molecule has 6 heteroatoms. The molecule has 1 aromatic heterocycles. The number of aromatic nitrogens is 1. The first-order chi connectivity index (χ1) is 11.1. The second-order valence-corrected chi connectivity index (χ2v) is 7.06. The summed E-state index contributed by atoms with van der Waals surface area (Å²) in [6.07, 6.45) is 0.647. The second-order valence-electron chi connectivity index (χ2n) is 5.56. The summed E-state index contributed by atoms with van der Waals surface area (Å²) >= 11 is 7.67. The second kappa shape index (κ2) is 8.28. The minimum Gasteiger partial charge on any atom is -0.395 e. The predicted molar refractivity (Wildman–Crippen MR) is 105 cm³/mol. The van der Waals surface area contributed by atoms with Gasteiger partial charge in [0.05, 0.1) is 11.6 Å². The molecule has 0 aliphatic rings. The molecule has 3 aromatic rings. The van der Waals surface area contributed by atoms with Gasteiger partial charge < -0.3 is 15.4 Å². The van der Waals surface area contributed by atoms with E-state index < -0.39 is 0 Å². The number of aliphatic hydroxyl groups excluding tert-OH is 1. The van der Waals surface area contributed by atoms with Crippen LogP contribution in [0.5, 0.6) is 0 Å². The van der Waals surface area contributed by atoms with Gasteiger partial charge in [0.2, 0.25) is 0 Å². The number of hydrogen-bond acceptors (Lipinski definition) is 3. The molecular formula is C18H20Cl2N2OS. The highest BCUT2D eigenvalue weighted by atomic mass is 35.5. The molecule has 0 radical (unpaired) electrons. The van der Waals surface area contributed by atoms with Crippen LogP contribution >= 0.6 is 35.8 Å². The summed E-state index contributed by atoms with van der Waals surface area (Å²) in [4.78, 5) is 1.12. The van der Waals surface area contributed by atoms with Crippen LogP contribution < -0.4 is 5.73 Å². The van der Waals surface area contributed by atoms with Crippen molar-refractivity contribution in [3.8, 4) is 0 Å². The minimum absolute atomic E-state index is 0. The summed E-state index contributed by atoms with van der Waals surface area (Å²) < 4.78 is 2.19. The maximum absolute atomic E-state index is 9.33. The first kappa shape index (κ1) is 19.2. The molecule has 3 nitrogen and oxygen atoms in total. The Morgan fingerprint density at radius 3 is 2.50 bits per heavy atom. The Morgan fingerprint density at radius 2 is 1.83 bits per heavy atom. The number of benzene rings is 2. The predicted octanol–water partition coefficient (Wildman–Crippen LogP) is 4.27. The van der Waals surface area contributed by atoms with Crippen LogP contribution in [0, 0.1) is 0 Å². The van der Waals surface area contributed by atoms with E-state index in [-0.39, 0.29) is 25.1 Å². The number of rotatable bonds is 5. The van der Waals surface area contributed by atoms with Crippen LogP contribution in [0.1, 0.15) is 5.56 Å². The molecule has 3 N–H and O–H groups in total. The Morgan fingerprint density at radius 1 is 1.17 bits per heavy atom. The summed E-state index contributed by atoms with van der Waals surface area (Å²) in [6.45, 7) is -0.0196. The van der Waals surface area contributed by atoms with E-state index in [0.717, 1.165) is 14.9 Å². The highest BCUT2D eigenvalue weighted by Crippen LogP contribution is 2.37. The van der Waals surface area contributed by atoms with Crippen molar-refractivity contribution in [2.24, 2.45) is 12.8 Å². The van der Waals surface area contributed by atoms with Crippen molar-refractivity contribution in [3.63, 3.8) is 0 Å². The molecule has 1 unspecified atom stereocenters. The van der Waals surface area contributed by atoms with E-state index >= 15 is 0 Å². The lowest BCUT2D eigenvalue weighted by Crippen LogP contribution is -2.27. The average molecular weight is 383 g/mol. The molecule has 0 aliphatic carbocycles. The standard InChI is InChI=1S/C18H19ClN2OS.ClH/c1-21-17-5-3-2-4-15(17)16(10-13(20)11-22)18(21)23-14-8-6-12(19)7-9-14;/h2-9,13,22H,10-11,20H2,1H3;1H. The van der Waals surface area contributed by atoms with Crippen molar-refractivity contribution in [2.75, 3.05) is 6.61 Å². The van der Waals surface area contributed by atoms with E-state index in [0.29, 0.717) is 6.42 Å². The van der Waals surface area contributed by atoms with E-state index in [2.05, 4.69) is 23.7 Å². The number of nitrogens with zero attached hydrogens (tertiary/aromatic N) is 1. The van der Waals surface area contributed by atoms with Crippen molar-refractivity contribution < 1.29 is 5.11 Å². The van der Waals surface area contributed by atoms with Crippen LogP contribution in [0.25, 0.3) is 10.9 Å². The zero-order valence-corrected chi connectivity index (χ0v) is 15.7. The van der Waals surface area contributed by atoms with Gasteiger partial charge in [0.15, 0.2) is 0 Å². The molecule has 0 saturated heterocycles. The normalized spacial score (nSPS) is 12.2. The van der Waals surface area contributed by atoms with Gasteiger partial charge in [-0.3, -0.25) is 0 Å². The Labute approximate surface area is 157 Å². The maximum Gasteiger partial charge on any atom is 0.0838 e. The Hall–Kier alpha value is -1.17. The molecule has 1 atom stereocenters. The molecule has 2 aromatic carbocycles. The van der Waals surface area contributed by atoms with Crippen molar-refractivity contribution in [1.29, 1.82) is 0 Å². The van der Waals surface area contributed by atoms with Gasteiger partial charge in [-0.2, -0.15) is 0 Å². The Balaban J connectivity index is 0.00000208. The van der Waals surface area contributed by atoms with Crippen LogP contribution in [-0.2, 0) is 13.5 Å². The fraction of sp³-hybridized carbons (Fsp3) is 0.222. The lowest BCUT2D eigenvalue weighted by atomic mass is 10.1. The lowest BCUT2D eigenvalue weighted by molar-refractivity contribution is 0.265. The zero-order chi connectivity index (χ0) is 16.4. The summed E-state index contributed by atoms with van der Waals surface area (Å²) in [6, 6.07) is 15.8. The van der Waals surface area contributed by atoms with Crippen LogP contribution in [-0.4, -0.2) is 22.3 Å². The van der Waals surface area contributed by atoms with E-state index in [9.17, 15) is 5.11 Å². The number of hydrogen-bond donors (Lipinski definition) is 2. The minimum atomic E-state index is -0.259. The molecule has 24 heavy (non-hydrogen) atoms. The molecule has 0 aliphatic heterocycles. The Kier molecular flexibility index (Phi) is 6.61. The van der Waals surface area contributed by atoms with Crippen LogP contribution in [0.15, 0.2) is 58.5 Å². The largest absolute Gasteiger partial charge is 0.395 e. The fourth-order valence-electron chi connectivity index (χ4n) is 2.72. The number of aryl methyl sites for hydroxylation is 1. The number of halogens is 2. The van der Waals surface area contributed by atoms with Crippen molar-refractivity contribution >= 4 is 46.7 Å². The van der Waals surface area contributed by atoms with Gasteiger partial charge in [-0.15, -0.1) is 12.4 Å². The molecular weight excluding hydrogens is 363 g/mol. The lowest BCUT2D eigenvalue weighted by Gasteiger charge is -2.11. The summed E-state index contributed by atoms with van der Waals surface area (Å²) in [5.74, 6) is 0. The Bertz CT molecular complexity index is 818. The number of aliphatic hydroxyl groups is 1. The fourth-order valence-corrected chi connectivity index (χ4v) is 3.89. The smallest absolute Gasteiger partial charge is 0.0838 e. The zero-order valence-electron chi connectivity index (χ0n) is 13.3. The van der Waals surface area contributed by atoms with Crippen LogP contribution in [0.2, 0.25) is 5.02 Å². The molecule has 128 valence electrons. The van der Waals surface area contributed by atoms with Gasteiger partial charge in [-0.05, 0) is 42.3 Å². The maximum atomic E-state index is 9.33. The molecule has 0 amide bonds. The highest BCUT2D eigenvalue weighted by Gasteiger charge is 2.18. The third-order valence-corrected chi connectivity index (χ3v) is 5.36. The van der Waals surface area contributed by atoms with Gasteiger partial charge in [0.1, 0.15) is 0 Å². The SMILES string of the molecule is Cl.Cn1c(Sc2ccc(Cl)cc2)c(CC(N)CO)c2ccccc21. The average Bonchev–Trinajstić information content (AvgIpc) is 2.83. The number of fused-ring (bicyclic) bond motifs is 1. The topological polar surface area (TPSA) is 51.2 Å². The summed E-state index contributed by atoms with van der Waals surface area (Å²) in [5.41, 5.74) is 8.36. The van der Waals surface area contributed by atoms with Crippen LogP contribution in [0.4, 0.5) is 0 Å². The summed E-state index contributed by atoms with van der Waals surface area (Å²) in [5, 5.41) is 12.4. The molecule has 1 heterocycles. The monoisotopic (exact) mass is 382 g/mol. The first-order valence-electron chi connectivity index (χ1n) is 7.46. The quantitative estimate of drug-likeness (QED) is 0.692. The highest BCUT2D eigenvalue weighted by molar-refractivity contribution is 7.99. The molecule has 0 saturated carbocycles. The molecule has 3 rings (SSSR count). The first-order valence-corrected chi connectivity index (χ1v) is 8.65. The van der Waals surface area contributed by atoms with Gasteiger partial charge in [-0.25, -0.2) is 0 Å². The summed E-state index contributed by atoms with van der Waals surface area (Å²) in [7, 11) is 2.06.